The fraction of sp³-hybridized carbons (Fsp3) is 0.529. The molecule has 0 bridgehead atoms. The van der Waals surface area contributed by atoms with Crippen molar-refractivity contribution in [1.29, 1.82) is 0 Å². The molecule has 0 radical (unpaired) electrons. The maximum Gasteiger partial charge on any atom is 0.252 e. The zero-order valence-corrected chi connectivity index (χ0v) is 15.0. The van der Waals surface area contributed by atoms with Gasteiger partial charge in [0.2, 0.25) is 11.7 Å². The summed E-state index contributed by atoms with van der Waals surface area (Å²) in [6.45, 7) is 3.75. The van der Waals surface area contributed by atoms with E-state index in [1.165, 1.54) is 21.3 Å². The van der Waals surface area contributed by atoms with Crippen molar-refractivity contribution in [1.82, 2.24) is 10.2 Å². The van der Waals surface area contributed by atoms with E-state index < -0.39 is 11.9 Å². The average molecular weight is 352 g/mol. The zero-order valence-electron chi connectivity index (χ0n) is 15.0. The highest BCUT2D eigenvalue weighted by Gasteiger charge is 2.25. The lowest BCUT2D eigenvalue weighted by Crippen LogP contribution is -2.50. The van der Waals surface area contributed by atoms with Gasteiger partial charge in [0.15, 0.2) is 11.5 Å². The van der Waals surface area contributed by atoms with Crippen molar-refractivity contribution >= 4 is 11.8 Å². The molecule has 0 aliphatic carbocycles. The van der Waals surface area contributed by atoms with E-state index in [4.69, 9.17) is 18.9 Å². The molecule has 0 unspecified atom stereocenters. The van der Waals surface area contributed by atoms with E-state index in [1.54, 1.807) is 24.0 Å². The van der Waals surface area contributed by atoms with E-state index in [0.717, 1.165) is 0 Å². The molecule has 1 aromatic rings. The van der Waals surface area contributed by atoms with Crippen molar-refractivity contribution in [3.05, 3.63) is 17.7 Å². The molecule has 8 heteroatoms. The first-order valence-corrected chi connectivity index (χ1v) is 7.99. The van der Waals surface area contributed by atoms with E-state index in [9.17, 15) is 9.59 Å². The van der Waals surface area contributed by atoms with Crippen LogP contribution < -0.4 is 19.5 Å². The van der Waals surface area contributed by atoms with E-state index in [-0.39, 0.29) is 5.91 Å². The van der Waals surface area contributed by atoms with Crippen molar-refractivity contribution in [2.45, 2.75) is 13.0 Å². The minimum Gasteiger partial charge on any atom is -0.493 e. The molecule has 8 nitrogen and oxygen atoms in total. The molecule has 1 saturated heterocycles. The van der Waals surface area contributed by atoms with Crippen molar-refractivity contribution in [3.63, 3.8) is 0 Å². The van der Waals surface area contributed by atoms with Gasteiger partial charge in [-0.15, -0.1) is 0 Å². The number of nitrogens with zero attached hydrogens (tertiary/aromatic N) is 1. The molecule has 2 amide bonds. The van der Waals surface area contributed by atoms with Crippen LogP contribution in [0.1, 0.15) is 17.3 Å². The van der Waals surface area contributed by atoms with Gasteiger partial charge in [-0.05, 0) is 19.1 Å². The van der Waals surface area contributed by atoms with Gasteiger partial charge in [0.25, 0.3) is 5.91 Å². The summed E-state index contributed by atoms with van der Waals surface area (Å²) in [5.74, 6) is 0.620. The third-order valence-electron chi connectivity index (χ3n) is 3.97. The van der Waals surface area contributed by atoms with Crippen LogP contribution in [-0.4, -0.2) is 70.4 Å². The summed E-state index contributed by atoms with van der Waals surface area (Å²) >= 11 is 0. The molecule has 1 aliphatic heterocycles. The number of carbonyl (C=O) groups excluding carboxylic acids is 2. The van der Waals surface area contributed by atoms with Gasteiger partial charge in [-0.3, -0.25) is 9.59 Å². The van der Waals surface area contributed by atoms with Crippen LogP contribution in [0.4, 0.5) is 0 Å². The Kier molecular flexibility index (Phi) is 6.46. The standard InChI is InChI=1S/C17H24N2O6/c1-11(17(21)19-5-7-25-8-6-19)18-16(20)12-9-13(22-2)15(24-4)14(10-12)23-3/h9-11H,5-8H2,1-4H3,(H,18,20)/t11-/m0/s1. The first-order valence-electron chi connectivity index (χ1n) is 7.99. The summed E-state index contributed by atoms with van der Waals surface area (Å²) in [4.78, 5) is 26.6. The molecule has 1 heterocycles. The second kappa shape index (κ2) is 8.57. The second-order valence-corrected chi connectivity index (χ2v) is 5.55. The fourth-order valence-electron chi connectivity index (χ4n) is 2.61. The molecule has 1 atom stereocenters. The molecule has 1 aromatic carbocycles. The number of ether oxygens (including phenoxy) is 4. The van der Waals surface area contributed by atoms with Crippen LogP contribution in [0.15, 0.2) is 12.1 Å². The number of nitrogens with one attached hydrogen (secondary N) is 1. The first kappa shape index (κ1) is 18.9. The Bertz CT molecular complexity index is 603. The highest BCUT2D eigenvalue weighted by Crippen LogP contribution is 2.38. The first-order chi connectivity index (χ1) is 12.0. The van der Waals surface area contributed by atoms with Gasteiger partial charge in [0.05, 0.1) is 34.5 Å². The van der Waals surface area contributed by atoms with Gasteiger partial charge in [0.1, 0.15) is 6.04 Å². The van der Waals surface area contributed by atoms with Crippen LogP contribution in [0.2, 0.25) is 0 Å². The average Bonchev–Trinajstić information content (AvgIpc) is 2.66. The Hall–Kier alpha value is -2.48. The smallest absolute Gasteiger partial charge is 0.252 e. The molecule has 0 spiro atoms. The van der Waals surface area contributed by atoms with Crippen molar-refractivity contribution < 1.29 is 28.5 Å². The molecule has 25 heavy (non-hydrogen) atoms. The number of methoxy groups -OCH3 is 3. The van der Waals surface area contributed by atoms with Crippen LogP contribution in [0.3, 0.4) is 0 Å². The Morgan fingerprint density at radius 1 is 1.08 bits per heavy atom. The number of hydrogen-bond acceptors (Lipinski definition) is 6. The van der Waals surface area contributed by atoms with Gasteiger partial charge >= 0.3 is 0 Å². The quantitative estimate of drug-likeness (QED) is 0.811. The van der Waals surface area contributed by atoms with Crippen LogP contribution >= 0.6 is 0 Å². The predicted molar refractivity (Wildman–Crippen MR) is 90.4 cm³/mol. The highest BCUT2D eigenvalue weighted by atomic mass is 16.5. The molecule has 1 N–H and O–H groups in total. The highest BCUT2D eigenvalue weighted by molar-refractivity contribution is 5.98. The minimum atomic E-state index is -0.648. The van der Waals surface area contributed by atoms with Crippen LogP contribution in [-0.2, 0) is 9.53 Å². The van der Waals surface area contributed by atoms with E-state index in [0.29, 0.717) is 49.1 Å². The lowest BCUT2D eigenvalue weighted by atomic mass is 10.1. The number of amides is 2. The summed E-state index contributed by atoms with van der Waals surface area (Å²) in [6, 6.07) is 2.44. The Labute approximate surface area is 147 Å². The van der Waals surface area contributed by atoms with Gasteiger partial charge in [-0.2, -0.15) is 0 Å². The third-order valence-corrected chi connectivity index (χ3v) is 3.97. The normalized spacial score (nSPS) is 15.3. The summed E-state index contributed by atoms with van der Waals surface area (Å²) in [7, 11) is 4.44. The Balaban J connectivity index is 2.12. The third kappa shape index (κ3) is 4.33. The SMILES string of the molecule is COc1cc(C(=O)N[C@@H](C)C(=O)N2CCOCC2)cc(OC)c1OC. The number of morpholine rings is 1. The number of carbonyl (C=O) groups is 2. The summed E-state index contributed by atoms with van der Waals surface area (Å²) in [5, 5.41) is 2.71. The molecular formula is C17H24N2O6. The molecule has 138 valence electrons. The molecule has 0 saturated carbocycles. The predicted octanol–water partition coefficient (Wildman–Crippen LogP) is 0.690. The molecule has 1 aliphatic rings. The number of rotatable bonds is 6. The second-order valence-electron chi connectivity index (χ2n) is 5.55. The monoisotopic (exact) mass is 352 g/mol. The minimum absolute atomic E-state index is 0.135. The van der Waals surface area contributed by atoms with Gasteiger partial charge in [-0.1, -0.05) is 0 Å². The van der Waals surface area contributed by atoms with Gasteiger partial charge < -0.3 is 29.2 Å². The number of hydrogen-bond donors (Lipinski definition) is 1. The Morgan fingerprint density at radius 3 is 2.12 bits per heavy atom. The number of benzene rings is 1. The fourth-order valence-corrected chi connectivity index (χ4v) is 2.61. The van der Waals surface area contributed by atoms with E-state index >= 15 is 0 Å². The van der Waals surface area contributed by atoms with E-state index in [2.05, 4.69) is 5.32 Å². The molecular weight excluding hydrogens is 328 g/mol. The topological polar surface area (TPSA) is 86.3 Å². The maximum atomic E-state index is 12.5. The maximum absolute atomic E-state index is 12.5. The van der Waals surface area contributed by atoms with Crippen molar-refractivity contribution in [2.24, 2.45) is 0 Å². The summed E-state index contributed by atoms with van der Waals surface area (Å²) in [6.07, 6.45) is 0. The van der Waals surface area contributed by atoms with Crippen molar-refractivity contribution in [2.75, 3.05) is 47.6 Å². The lowest BCUT2D eigenvalue weighted by molar-refractivity contribution is -0.136. The molecule has 0 aromatic heterocycles. The van der Waals surface area contributed by atoms with Gasteiger partial charge in [0, 0.05) is 18.7 Å². The lowest BCUT2D eigenvalue weighted by Gasteiger charge is -2.29. The molecule has 1 fully saturated rings. The summed E-state index contributed by atoms with van der Waals surface area (Å²) in [5.41, 5.74) is 0.316. The van der Waals surface area contributed by atoms with Gasteiger partial charge in [-0.25, -0.2) is 0 Å². The van der Waals surface area contributed by atoms with Crippen LogP contribution in [0.25, 0.3) is 0 Å². The summed E-state index contributed by atoms with van der Waals surface area (Å²) < 4.78 is 21.0. The molecule has 2 rings (SSSR count). The Morgan fingerprint density at radius 2 is 1.64 bits per heavy atom. The van der Waals surface area contributed by atoms with E-state index in [1.807, 2.05) is 0 Å². The van der Waals surface area contributed by atoms with Crippen LogP contribution in [0.5, 0.6) is 17.2 Å². The largest absolute Gasteiger partial charge is 0.493 e. The van der Waals surface area contributed by atoms with Crippen molar-refractivity contribution in [3.8, 4) is 17.2 Å². The van der Waals surface area contributed by atoms with Crippen LogP contribution in [0, 0.1) is 0 Å². The zero-order chi connectivity index (χ0) is 18.4.